The molecule has 0 saturated carbocycles. The zero-order valence-corrected chi connectivity index (χ0v) is 14.4. The number of nitrogens with zero attached hydrogens (tertiary/aromatic N) is 2. The van der Waals surface area contributed by atoms with Gasteiger partial charge in [-0.25, -0.2) is 5.43 Å². The maximum atomic E-state index is 6.35. The normalized spacial score (nSPS) is 12.7. The van der Waals surface area contributed by atoms with E-state index in [4.69, 9.17) is 22.2 Å². The molecule has 114 valence electrons. The van der Waals surface area contributed by atoms with Gasteiger partial charge in [-0.1, -0.05) is 33.6 Å². The number of hydrazine groups is 1. The van der Waals surface area contributed by atoms with Crippen LogP contribution in [0.2, 0.25) is 5.02 Å². The molecule has 21 heavy (non-hydrogen) atoms. The van der Waals surface area contributed by atoms with Gasteiger partial charge >= 0.3 is 0 Å². The second kappa shape index (κ2) is 6.79. The zero-order chi connectivity index (χ0) is 15.6. The molecule has 1 atom stereocenters. The number of methoxy groups -OCH3 is 1. The van der Waals surface area contributed by atoms with Gasteiger partial charge in [-0.2, -0.15) is 5.10 Å². The molecule has 0 aliphatic carbocycles. The lowest BCUT2D eigenvalue weighted by Gasteiger charge is -2.22. The van der Waals surface area contributed by atoms with E-state index in [0.717, 1.165) is 15.7 Å². The Labute approximate surface area is 137 Å². The van der Waals surface area contributed by atoms with E-state index in [1.54, 1.807) is 13.3 Å². The van der Waals surface area contributed by atoms with Gasteiger partial charge in [0.1, 0.15) is 5.69 Å². The van der Waals surface area contributed by atoms with Gasteiger partial charge < -0.3 is 4.74 Å². The van der Waals surface area contributed by atoms with Crippen LogP contribution in [0.4, 0.5) is 0 Å². The van der Waals surface area contributed by atoms with E-state index >= 15 is 0 Å². The number of aromatic nitrogens is 2. The fourth-order valence-corrected chi connectivity index (χ4v) is 3.03. The Bertz CT molecular complexity index is 629. The molecule has 1 heterocycles. The van der Waals surface area contributed by atoms with Crippen molar-refractivity contribution in [2.75, 3.05) is 7.11 Å². The SMILES string of the molecule is COc1cnn(C(C)C)c1C(NN)c1ccc(Br)cc1Cl. The molecule has 1 unspecified atom stereocenters. The van der Waals surface area contributed by atoms with Gasteiger partial charge in [-0.3, -0.25) is 10.5 Å². The molecule has 1 aromatic heterocycles. The molecular weight excluding hydrogens is 356 g/mol. The predicted octanol–water partition coefficient (Wildman–Crippen LogP) is 3.44. The van der Waals surface area contributed by atoms with Crippen LogP contribution < -0.4 is 16.0 Å². The first-order chi connectivity index (χ1) is 9.99. The number of nitrogens with one attached hydrogen (secondary N) is 1. The Balaban J connectivity index is 2.58. The van der Waals surface area contributed by atoms with Crippen LogP contribution in [0.15, 0.2) is 28.9 Å². The highest BCUT2D eigenvalue weighted by Crippen LogP contribution is 2.35. The molecule has 1 aromatic carbocycles. The Morgan fingerprint density at radius 1 is 1.43 bits per heavy atom. The van der Waals surface area contributed by atoms with Crippen LogP contribution in [-0.2, 0) is 0 Å². The molecule has 5 nitrogen and oxygen atoms in total. The standard InChI is InChI=1S/C14H18BrClN4O/c1-8(2)20-14(12(21-3)7-18-20)13(19-17)10-5-4-9(15)6-11(10)16/h4-8,13,19H,17H2,1-3H3. The van der Waals surface area contributed by atoms with Crippen molar-refractivity contribution in [3.05, 3.63) is 45.1 Å². The molecule has 0 bridgehead atoms. The minimum absolute atomic E-state index is 0.175. The van der Waals surface area contributed by atoms with Crippen LogP contribution in [0.1, 0.15) is 37.2 Å². The number of nitrogens with two attached hydrogens (primary N) is 1. The van der Waals surface area contributed by atoms with Crippen LogP contribution in [0.3, 0.4) is 0 Å². The predicted molar refractivity (Wildman–Crippen MR) is 87.5 cm³/mol. The largest absolute Gasteiger partial charge is 0.493 e. The molecule has 0 aliphatic heterocycles. The topological polar surface area (TPSA) is 65.1 Å². The summed E-state index contributed by atoms with van der Waals surface area (Å²) in [5, 5.41) is 4.99. The summed E-state index contributed by atoms with van der Waals surface area (Å²) in [5.74, 6) is 6.45. The van der Waals surface area contributed by atoms with Crippen molar-refractivity contribution in [2.45, 2.75) is 25.9 Å². The van der Waals surface area contributed by atoms with Crippen LogP contribution in [0.25, 0.3) is 0 Å². The first-order valence-electron chi connectivity index (χ1n) is 6.52. The monoisotopic (exact) mass is 372 g/mol. The summed E-state index contributed by atoms with van der Waals surface area (Å²) >= 11 is 9.75. The fourth-order valence-electron chi connectivity index (χ4n) is 2.25. The van der Waals surface area contributed by atoms with E-state index in [2.05, 4.69) is 26.5 Å². The summed E-state index contributed by atoms with van der Waals surface area (Å²) in [6.07, 6.45) is 1.69. The van der Waals surface area contributed by atoms with Gasteiger partial charge in [0.25, 0.3) is 0 Å². The molecule has 0 fully saturated rings. The van der Waals surface area contributed by atoms with Crippen molar-refractivity contribution >= 4 is 27.5 Å². The van der Waals surface area contributed by atoms with E-state index in [1.807, 2.05) is 36.7 Å². The Morgan fingerprint density at radius 3 is 2.67 bits per heavy atom. The number of ether oxygens (including phenoxy) is 1. The molecule has 3 N–H and O–H groups in total. The van der Waals surface area contributed by atoms with Crippen LogP contribution in [0.5, 0.6) is 5.75 Å². The Kier molecular flexibility index (Phi) is 5.27. The highest BCUT2D eigenvalue weighted by atomic mass is 79.9. The van der Waals surface area contributed by atoms with E-state index < -0.39 is 0 Å². The summed E-state index contributed by atoms with van der Waals surface area (Å²) < 4.78 is 8.20. The van der Waals surface area contributed by atoms with Crippen molar-refractivity contribution in [3.8, 4) is 5.75 Å². The minimum Gasteiger partial charge on any atom is -0.493 e. The zero-order valence-electron chi connectivity index (χ0n) is 12.1. The minimum atomic E-state index is -0.314. The fraction of sp³-hybridized carbons (Fsp3) is 0.357. The van der Waals surface area contributed by atoms with Crippen molar-refractivity contribution < 1.29 is 4.74 Å². The number of benzene rings is 1. The van der Waals surface area contributed by atoms with Crippen molar-refractivity contribution in [2.24, 2.45) is 5.84 Å². The molecule has 7 heteroatoms. The molecule has 0 spiro atoms. The van der Waals surface area contributed by atoms with Crippen LogP contribution >= 0.6 is 27.5 Å². The lowest BCUT2D eigenvalue weighted by Crippen LogP contribution is -2.31. The van der Waals surface area contributed by atoms with Crippen molar-refractivity contribution in [3.63, 3.8) is 0 Å². The van der Waals surface area contributed by atoms with E-state index in [1.165, 1.54) is 0 Å². The first kappa shape index (κ1) is 16.3. The second-order valence-electron chi connectivity index (χ2n) is 4.90. The highest BCUT2D eigenvalue weighted by molar-refractivity contribution is 9.10. The van der Waals surface area contributed by atoms with E-state index in [9.17, 15) is 0 Å². The molecule has 0 saturated heterocycles. The highest BCUT2D eigenvalue weighted by Gasteiger charge is 2.25. The number of hydrogen-bond acceptors (Lipinski definition) is 4. The maximum absolute atomic E-state index is 6.35. The first-order valence-corrected chi connectivity index (χ1v) is 7.69. The van der Waals surface area contributed by atoms with Crippen LogP contribution in [-0.4, -0.2) is 16.9 Å². The van der Waals surface area contributed by atoms with Crippen molar-refractivity contribution in [1.29, 1.82) is 0 Å². The molecule has 0 aliphatic rings. The third kappa shape index (κ3) is 3.23. The number of rotatable bonds is 5. The average molecular weight is 374 g/mol. The van der Waals surface area contributed by atoms with Gasteiger partial charge in [-0.05, 0) is 31.5 Å². The lowest BCUT2D eigenvalue weighted by atomic mass is 10.0. The molecule has 2 rings (SSSR count). The van der Waals surface area contributed by atoms with Crippen LogP contribution in [0, 0.1) is 0 Å². The van der Waals surface area contributed by atoms with Gasteiger partial charge in [0.15, 0.2) is 5.75 Å². The average Bonchev–Trinajstić information content (AvgIpc) is 2.86. The smallest absolute Gasteiger partial charge is 0.161 e. The van der Waals surface area contributed by atoms with Gasteiger partial charge in [0.2, 0.25) is 0 Å². The summed E-state index contributed by atoms with van der Waals surface area (Å²) in [6, 6.07) is 5.55. The molecule has 0 amide bonds. The summed E-state index contributed by atoms with van der Waals surface area (Å²) in [4.78, 5) is 0. The Hall–Kier alpha value is -1.08. The van der Waals surface area contributed by atoms with E-state index in [-0.39, 0.29) is 12.1 Å². The van der Waals surface area contributed by atoms with Crippen molar-refractivity contribution in [1.82, 2.24) is 15.2 Å². The lowest BCUT2D eigenvalue weighted by molar-refractivity contribution is 0.394. The van der Waals surface area contributed by atoms with Gasteiger partial charge in [0, 0.05) is 15.5 Å². The molecule has 0 radical (unpaired) electrons. The molecular formula is C14H18BrClN4O. The number of halogens is 2. The van der Waals surface area contributed by atoms with Gasteiger partial charge in [0.05, 0.1) is 19.3 Å². The Morgan fingerprint density at radius 2 is 2.14 bits per heavy atom. The molecule has 2 aromatic rings. The second-order valence-corrected chi connectivity index (χ2v) is 6.22. The third-order valence-corrected chi connectivity index (χ3v) is 4.04. The number of hydrogen-bond donors (Lipinski definition) is 2. The summed E-state index contributed by atoms with van der Waals surface area (Å²) in [5.41, 5.74) is 4.52. The third-order valence-electron chi connectivity index (χ3n) is 3.22. The summed E-state index contributed by atoms with van der Waals surface area (Å²) in [7, 11) is 1.61. The summed E-state index contributed by atoms with van der Waals surface area (Å²) in [6.45, 7) is 4.10. The quantitative estimate of drug-likeness (QED) is 0.622. The maximum Gasteiger partial charge on any atom is 0.161 e. The van der Waals surface area contributed by atoms with E-state index in [0.29, 0.717) is 10.8 Å². The van der Waals surface area contributed by atoms with Gasteiger partial charge in [-0.15, -0.1) is 0 Å².